The lowest BCUT2D eigenvalue weighted by Gasteiger charge is -2.37. The van der Waals surface area contributed by atoms with Gasteiger partial charge in [-0.15, -0.1) is 5.10 Å². The van der Waals surface area contributed by atoms with E-state index in [0.717, 1.165) is 5.56 Å². The molecule has 0 radical (unpaired) electrons. The molecule has 1 saturated heterocycles. The number of carbonyl (C=O) groups is 1. The van der Waals surface area contributed by atoms with Crippen molar-refractivity contribution in [3.63, 3.8) is 0 Å². The standard InChI is InChI=1S/C22H30N4O4/c1-14(27)23-10-19-12-26(25-24-19)11-18-13-30-22(21(29)20(18)28)17-8-6-16(7-9-17)15-4-2-3-5-15/h6-9,12,15,18,20-22,28-29H,2-5,10-11,13H2,1H3,(H,23,27)/t18-,20+,21+,22+/m0/s1. The van der Waals surface area contributed by atoms with Gasteiger partial charge < -0.3 is 20.3 Å². The second-order valence-electron chi connectivity index (χ2n) is 8.48. The van der Waals surface area contributed by atoms with Gasteiger partial charge >= 0.3 is 0 Å². The van der Waals surface area contributed by atoms with Gasteiger partial charge in [0, 0.05) is 12.8 Å². The first kappa shape index (κ1) is 21.0. The number of nitrogens with zero attached hydrogens (tertiary/aromatic N) is 3. The molecule has 0 bridgehead atoms. The molecule has 1 aromatic heterocycles. The maximum Gasteiger partial charge on any atom is 0.217 e. The Morgan fingerprint density at radius 3 is 2.57 bits per heavy atom. The van der Waals surface area contributed by atoms with Crippen LogP contribution in [0.15, 0.2) is 30.5 Å². The van der Waals surface area contributed by atoms with E-state index in [1.807, 2.05) is 12.1 Å². The molecule has 2 fully saturated rings. The van der Waals surface area contributed by atoms with Crippen LogP contribution < -0.4 is 5.32 Å². The van der Waals surface area contributed by atoms with Gasteiger partial charge in [-0.3, -0.25) is 9.48 Å². The molecule has 4 rings (SSSR count). The monoisotopic (exact) mass is 414 g/mol. The molecular formula is C22H30N4O4. The summed E-state index contributed by atoms with van der Waals surface area (Å²) in [5, 5.41) is 32.1. The molecule has 8 heteroatoms. The fourth-order valence-electron chi connectivity index (χ4n) is 4.52. The van der Waals surface area contributed by atoms with Crippen LogP contribution in [0.2, 0.25) is 0 Å². The fraction of sp³-hybridized carbons (Fsp3) is 0.591. The third kappa shape index (κ3) is 4.71. The summed E-state index contributed by atoms with van der Waals surface area (Å²) in [5.41, 5.74) is 2.87. The Morgan fingerprint density at radius 1 is 1.17 bits per heavy atom. The second-order valence-corrected chi connectivity index (χ2v) is 8.48. The van der Waals surface area contributed by atoms with Crippen molar-refractivity contribution in [2.75, 3.05) is 6.61 Å². The van der Waals surface area contributed by atoms with Crippen LogP contribution in [0, 0.1) is 5.92 Å². The number of aromatic nitrogens is 3. The summed E-state index contributed by atoms with van der Waals surface area (Å²) in [7, 11) is 0. The number of ether oxygens (including phenoxy) is 1. The van der Waals surface area contributed by atoms with Crippen LogP contribution in [-0.4, -0.2) is 49.9 Å². The lowest BCUT2D eigenvalue weighted by Crippen LogP contribution is -2.47. The van der Waals surface area contributed by atoms with E-state index in [-0.39, 0.29) is 11.8 Å². The van der Waals surface area contributed by atoms with Gasteiger partial charge in [0.1, 0.15) is 17.9 Å². The van der Waals surface area contributed by atoms with E-state index >= 15 is 0 Å². The molecule has 162 valence electrons. The van der Waals surface area contributed by atoms with Crippen LogP contribution in [0.25, 0.3) is 0 Å². The smallest absolute Gasteiger partial charge is 0.217 e. The number of aliphatic hydroxyl groups excluding tert-OH is 2. The highest BCUT2D eigenvalue weighted by Crippen LogP contribution is 2.36. The van der Waals surface area contributed by atoms with Crippen LogP contribution in [-0.2, 0) is 22.6 Å². The third-order valence-electron chi connectivity index (χ3n) is 6.25. The largest absolute Gasteiger partial charge is 0.390 e. The van der Waals surface area contributed by atoms with Crippen molar-refractivity contribution in [2.45, 2.75) is 69.9 Å². The zero-order valence-corrected chi connectivity index (χ0v) is 17.3. The van der Waals surface area contributed by atoms with E-state index in [1.54, 1.807) is 10.9 Å². The first-order valence-corrected chi connectivity index (χ1v) is 10.7. The van der Waals surface area contributed by atoms with E-state index in [2.05, 4.69) is 27.8 Å². The average molecular weight is 415 g/mol. The molecule has 1 amide bonds. The highest BCUT2D eigenvalue weighted by atomic mass is 16.5. The van der Waals surface area contributed by atoms with Crippen molar-refractivity contribution in [3.8, 4) is 0 Å². The Balaban J connectivity index is 1.35. The molecular weight excluding hydrogens is 384 g/mol. The maximum absolute atomic E-state index is 11.0. The summed E-state index contributed by atoms with van der Waals surface area (Å²) in [6.45, 7) is 2.44. The summed E-state index contributed by atoms with van der Waals surface area (Å²) in [4.78, 5) is 11.0. The normalized spacial score (nSPS) is 27.3. The minimum atomic E-state index is -1.01. The number of carbonyl (C=O) groups excluding carboxylic acids is 1. The molecule has 30 heavy (non-hydrogen) atoms. The van der Waals surface area contributed by atoms with Crippen molar-refractivity contribution in [1.82, 2.24) is 20.3 Å². The quantitative estimate of drug-likeness (QED) is 0.664. The first-order chi connectivity index (χ1) is 14.5. The van der Waals surface area contributed by atoms with Crippen LogP contribution in [0.1, 0.15) is 61.4 Å². The predicted octanol–water partition coefficient (Wildman–Crippen LogP) is 1.68. The van der Waals surface area contributed by atoms with Crippen molar-refractivity contribution < 1.29 is 19.7 Å². The van der Waals surface area contributed by atoms with Gasteiger partial charge in [0.05, 0.1) is 32.0 Å². The Bertz CT molecular complexity index is 847. The zero-order valence-electron chi connectivity index (χ0n) is 17.3. The number of aliphatic hydroxyl groups is 2. The Labute approximate surface area is 176 Å². The number of hydrogen-bond acceptors (Lipinski definition) is 6. The topological polar surface area (TPSA) is 110 Å². The highest BCUT2D eigenvalue weighted by molar-refractivity contribution is 5.72. The minimum absolute atomic E-state index is 0.133. The third-order valence-corrected chi connectivity index (χ3v) is 6.25. The van der Waals surface area contributed by atoms with E-state index in [0.29, 0.717) is 31.3 Å². The average Bonchev–Trinajstić information content (AvgIpc) is 3.43. The number of amides is 1. The van der Waals surface area contributed by atoms with E-state index in [9.17, 15) is 15.0 Å². The van der Waals surface area contributed by atoms with Crippen molar-refractivity contribution in [3.05, 3.63) is 47.3 Å². The van der Waals surface area contributed by atoms with Gasteiger partial charge in [0.25, 0.3) is 0 Å². The predicted molar refractivity (Wildman–Crippen MR) is 109 cm³/mol. The second kappa shape index (κ2) is 9.24. The molecule has 1 aliphatic heterocycles. The van der Waals surface area contributed by atoms with Crippen LogP contribution in [0.4, 0.5) is 0 Å². The first-order valence-electron chi connectivity index (χ1n) is 10.7. The zero-order chi connectivity index (χ0) is 21.1. The molecule has 1 aromatic carbocycles. The van der Waals surface area contributed by atoms with E-state index in [1.165, 1.54) is 38.2 Å². The number of benzene rings is 1. The summed E-state index contributed by atoms with van der Waals surface area (Å²) in [6, 6.07) is 8.29. The fourth-order valence-corrected chi connectivity index (χ4v) is 4.52. The summed E-state index contributed by atoms with van der Waals surface area (Å²) >= 11 is 0. The highest BCUT2D eigenvalue weighted by Gasteiger charge is 2.39. The number of hydrogen-bond donors (Lipinski definition) is 3. The van der Waals surface area contributed by atoms with E-state index in [4.69, 9.17) is 4.74 Å². The Morgan fingerprint density at radius 2 is 1.87 bits per heavy atom. The molecule has 1 saturated carbocycles. The molecule has 4 atom stereocenters. The SMILES string of the molecule is CC(=O)NCc1cn(C[C@H]2CO[C@H](c3ccc(C4CCCC4)cc3)[C@H](O)[C@@H]2O)nn1. The lowest BCUT2D eigenvalue weighted by molar-refractivity contribution is -0.169. The molecule has 8 nitrogen and oxygen atoms in total. The molecule has 1 aliphatic carbocycles. The summed E-state index contributed by atoms with van der Waals surface area (Å²) < 4.78 is 7.56. The van der Waals surface area contributed by atoms with E-state index < -0.39 is 18.3 Å². The summed E-state index contributed by atoms with van der Waals surface area (Å²) in [5.74, 6) is 0.208. The number of rotatable bonds is 6. The minimum Gasteiger partial charge on any atom is -0.390 e. The van der Waals surface area contributed by atoms with Gasteiger partial charge in [-0.05, 0) is 29.9 Å². The maximum atomic E-state index is 11.0. The van der Waals surface area contributed by atoms with Gasteiger partial charge in [-0.2, -0.15) is 0 Å². The van der Waals surface area contributed by atoms with Crippen molar-refractivity contribution in [1.29, 1.82) is 0 Å². The molecule has 2 heterocycles. The summed E-state index contributed by atoms with van der Waals surface area (Å²) in [6.07, 6.45) is 4.33. The van der Waals surface area contributed by atoms with Crippen molar-refractivity contribution in [2.24, 2.45) is 5.92 Å². The van der Waals surface area contributed by atoms with Crippen LogP contribution >= 0.6 is 0 Å². The van der Waals surface area contributed by atoms with Gasteiger partial charge in [-0.25, -0.2) is 0 Å². The molecule has 2 aliphatic rings. The molecule has 0 spiro atoms. The Hall–Kier alpha value is -2.29. The van der Waals surface area contributed by atoms with Crippen molar-refractivity contribution >= 4 is 5.91 Å². The molecule has 0 unspecified atom stereocenters. The van der Waals surface area contributed by atoms with Gasteiger partial charge in [0.15, 0.2) is 0 Å². The van der Waals surface area contributed by atoms with Gasteiger partial charge in [0.2, 0.25) is 5.91 Å². The molecule has 3 N–H and O–H groups in total. The number of nitrogens with one attached hydrogen (secondary N) is 1. The molecule has 2 aromatic rings. The Kier molecular flexibility index (Phi) is 6.46. The van der Waals surface area contributed by atoms with Crippen LogP contribution in [0.3, 0.4) is 0 Å². The van der Waals surface area contributed by atoms with Gasteiger partial charge in [-0.1, -0.05) is 42.3 Å². The lowest BCUT2D eigenvalue weighted by atomic mass is 9.88. The van der Waals surface area contributed by atoms with Crippen LogP contribution in [0.5, 0.6) is 0 Å².